The second-order valence-electron chi connectivity index (χ2n) is 6.01. The second-order valence-corrected chi connectivity index (χ2v) is 6.01. The molecule has 0 aromatic heterocycles. The molecule has 0 unspecified atom stereocenters. The fourth-order valence-electron chi connectivity index (χ4n) is 2.71. The largest absolute Gasteiger partial charge is 0.395 e. The first-order valence-corrected chi connectivity index (χ1v) is 7.14. The SMILES string of the molecule is CCC(C)(C)C1CCC(NC(=O)NCCO)CC1. The normalized spacial score (nSPS) is 24.7. The molecule has 3 N–H and O–H groups in total. The first-order valence-electron chi connectivity index (χ1n) is 7.14. The number of aliphatic hydroxyl groups excluding tert-OH is 1. The molecule has 4 nitrogen and oxygen atoms in total. The highest BCUT2D eigenvalue weighted by atomic mass is 16.3. The van der Waals surface area contributed by atoms with Crippen LogP contribution in [0.3, 0.4) is 0 Å². The predicted molar refractivity (Wildman–Crippen MR) is 73.4 cm³/mol. The van der Waals surface area contributed by atoms with Crippen LogP contribution in [0.5, 0.6) is 0 Å². The summed E-state index contributed by atoms with van der Waals surface area (Å²) in [5.74, 6) is 0.779. The Hall–Kier alpha value is -0.770. The van der Waals surface area contributed by atoms with Crippen molar-refractivity contribution in [3.8, 4) is 0 Å². The molecular weight excluding hydrogens is 228 g/mol. The predicted octanol–water partition coefficient (Wildman–Crippen LogP) is 2.27. The van der Waals surface area contributed by atoms with Gasteiger partial charge in [0.05, 0.1) is 6.61 Å². The van der Waals surface area contributed by atoms with Crippen LogP contribution in [-0.2, 0) is 0 Å². The number of carbonyl (C=O) groups is 1. The van der Waals surface area contributed by atoms with E-state index in [0.29, 0.717) is 18.0 Å². The van der Waals surface area contributed by atoms with Gasteiger partial charge < -0.3 is 15.7 Å². The van der Waals surface area contributed by atoms with Crippen LogP contribution in [0.15, 0.2) is 0 Å². The molecule has 18 heavy (non-hydrogen) atoms. The summed E-state index contributed by atoms with van der Waals surface area (Å²) in [7, 11) is 0. The van der Waals surface area contributed by atoms with Gasteiger partial charge in [-0.3, -0.25) is 0 Å². The quantitative estimate of drug-likeness (QED) is 0.706. The van der Waals surface area contributed by atoms with E-state index in [0.717, 1.165) is 18.8 Å². The van der Waals surface area contributed by atoms with Crippen molar-refractivity contribution in [1.29, 1.82) is 0 Å². The van der Waals surface area contributed by atoms with Crippen LogP contribution in [0, 0.1) is 11.3 Å². The summed E-state index contributed by atoms with van der Waals surface area (Å²) in [6.45, 7) is 7.26. The Morgan fingerprint density at radius 1 is 1.28 bits per heavy atom. The summed E-state index contributed by atoms with van der Waals surface area (Å²) in [4.78, 5) is 11.5. The number of carbonyl (C=O) groups excluding carboxylic acids is 1. The fraction of sp³-hybridized carbons (Fsp3) is 0.929. The number of rotatable bonds is 5. The maximum absolute atomic E-state index is 11.5. The van der Waals surface area contributed by atoms with Gasteiger partial charge in [0.2, 0.25) is 0 Å². The van der Waals surface area contributed by atoms with Gasteiger partial charge in [-0.05, 0) is 37.0 Å². The maximum Gasteiger partial charge on any atom is 0.315 e. The van der Waals surface area contributed by atoms with Gasteiger partial charge in [0.15, 0.2) is 0 Å². The third-order valence-electron chi connectivity index (χ3n) is 4.48. The first kappa shape index (κ1) is 15.3. The van der Waals surface area contributed by atoms with Crippen LogP contribution < -0.4 is 10.6 Å². The molecule has 1 rings (SSSR count). The molecule has 0 aliphatic heterocycles. The lowest BCUT2D eigenvalue weighted by molar-refractivity contribution is 0.138. The van der Waals surface area contributed by atoms with E-state index in [9.17, 15) is 4.79 Å². The van der Waals surface area contributed by atoms with Gasteiger partial charge in [-0.15, -0.1) is 0 Å². The highest BCUT2D eigenvalue weighted by Crippen LogP contribution is 2.40. The van der Waals surface area contributed by atoms with E-state index in [-0.39, 0.29) is 12.6 Å². The molecule has 0 bridgehead atoms. The standard InChI is InChI=1S/C14H28N2O2/c1-4-14(2,3)11-5-7-12(8-6-11)16-13(18)15-9-10-17/h11-12,17H,4-10H2,1-3H3,(H2,15,16,18). The number of hydrogen-bond donors (Lipinski definition) is 3. The van der Waals surface area contributed by atoms with Crippen LogP contribution in [-0.4, -0.2) is 30.3 Å². The van der Waals surface area contributed by atoms with Crippen molar-refractivity contribution >= 4 is 6.03 Å². The Kier molecular flexibility index (Phi) is 5.93. The van der Waals surface area contributed by atoms with E-state index >= 15 is 0 Å². The first-order chi connectivity index (χ1) is 8.49. The Morgan fingerprint density at radius 3 is 2.39 bits per heavy atom. The minimum atomic E-state index is -0.151. The molecule has 0 radical (unpaired) electrons. The summed E-state index contributed by atoms with van der Waals surface area (Å²) >= 11 is 0. The van der Waals surface area contributed by atoms with E-state index in [1.807, 2.05) is 0 Å². The van der Waals surface area contributed by atoms with Crippen LogP contribution in [0.1, 0.15) is 52.9 Å². The number of amides is 2. The summed E-state index contributed by atoms with van der Waals surface area (Å²) < 4.78 is 0. The van der Waals surface area contributed by atoms with Crippen molar-refractivity contribution < 1.29 is 9.90 Å². The van der Waals surface area contributed by atoms with E-state index in [2.05, 4.69) is 31.4 Å². The third kappa shape index (κ3) is 4.48. The van der Waals surface area contributed by atoms with Crippen LogP contribution in [0.2, 0.25) is 0 Å². The van der Waals surface area contributed by atoms with Gasteiger partial charge >= 0.3 is 6.03 Å². The highest BCUT2D eigenvalue weighted by Gasteiger charge is 2.32. The van der Waals surface area contributed by atoms with Crippen molar-refractivity contribution in [2.45, 2.75) is 58.9 Å². The minimum Gasteiger partial charge on any atom is -0.395 e. The average Bonchev–Trinajstić information content (AvgIpc) is 2.37. The lowest BCUT2D eigenvalue weighted by Crippen LogP contribution is -2.45. The monoisotopic (exact) mass is 256 g/mol. The van der Waals surface area contributed by atoms with E-state index in [4.69, 9.17) is 5.11 Å². The van der Waals surface area contributed by atoms with E-state index in [1.54, 1.807) is 0 Å². The average molecular weight is 256 g/mol. The van der Waals surface area contributed by atoms with Crippen molar-refractivity contribution in [3.05, 3.63) is 0 Å². The Morgan fingerprint density at radius 2 is 1.89 bits per heavy atom. The summed E-state index contributed by atoms with van der Waals surface area (Å²) in [5.41, 5.74) is 0.421. The zero-order valence-electron chi connectivity index (χ0n) is 12.0. The van der Waals surface area contributed by atoms with Crippen LogP contribution >= 0.6 is 0 Å². The van der Waals surface area contributed by atoms with Gasteiger partial charge in [0, 0.05) is 12.6 Å². The molecule has 2 amide bonds. The van der Waals surface area contributed by atoms with Crippen LogP contribution in [0.4, 0.5) is 4.79 Å². The van der Waals surface area contributed by atoms with Crippen molar-refractivity contribution in [1.82, 2.24) is 10.6 Å². The number of hydrogen-bond acceptors (Lipinski definition) is 2. The molecule has 0 spiro atoms. The molecule has 1 aliphatic carbocycles. The van der Waals surface area contributed by atoms with Crippen molar-refractivity contribution in [2.24, 2.45) is 11.3 Å². The lowest BCUT2D eigenvalue weighted by atomic mass is 9.69. The highest BCUT2D eigenvalue weighted by molar-refractivity contribution is 5.74. The van der Waals surface area contributed by atoms with Crippen LogP contribution in [0.25, 0.3) is 0 Å². The summed E-state index contributed by atoms with van der Waals surface area (Å²) in [6, 6.07) is 0.148. The van der Waals surface area contributed by atoms with Gasteiger partial charge in [-0.2, -0.15) is 0 Å². The van der Waals surface area contributed by atoms with Crippen molar-refractivity contribution in [3.63, 3.8) is 0 Å². The minimum absolute atomic E-state index is 0.00908. The maximum atomic E-state index is 11.5. The van der Waals surface area contributed by atoms with Gasteiger partial charge in [0.1, 0.15) is 0 Å². The zero-order valence-corrected chi connectivity index (χ0v) is 12.0. The number of urea groups is 1. The zero-order chi connectivity index (χ0) is 13.6. The molecule has 0 aromatic carbocycles. The Labute approximate surface area is 111 Å². The Bertz CT molecular complexity index is 259. The third-order valence-corrected chi connectivity index (χ3v) is 4.48. The fourth-order valence-corrected chi connectivity index (χ4v) is 2.71. The molecule has 1 saturated carbocycles. The number of aliphatic hydroxyl groups is 1. The molecule has 1 fully saturated rings. The molecule has 0 saturated heterocycles. The van der Waals surface area contributed by atoms with Gasteiger partial charge in [-0.1, -0.05) is 27.2 Å². The van der Waals surface area contributed by atoms with E-state index in [1.165, 1.54) is 19.3 Å². The van der Waals surface area contributed by atoms with Gasteiger partial charge in [0.25, 0.3) is 0 Å². The van der Waals surface area contributed by atoms with Crippen molar-refractivity contribution in [2.75, 3.05) is 13.2 Å². The molecule has 0 heterocycles. The summed E-state index contributed by atoms with van der Waals surface area (Å²) in [5, 5.41) is 14.2. The molecular formula is C14H28N2O2. The molecule has 4 heteroatoms. The Balaban J connectivity index is 2.29. The summed E-state index contributed by atoms with van der Waals surface area (Å²) in [6.07, 6.45) is 5.76. The molecule has 0 atom stereocenters. The number of nitrogens with one attached hydrogen (secondary N) is 2. The topological polar surface area (TPSA) is 61.4 Å². The molecule has 106 valence electrons. The van der Waals surface area contributed by atoms with E-state index < -0.39 is 0 Å². The second kappa shape index (κ2) is 6.98. The van der Waals surface area contributed by atoms with Gasteiger partial charge in [-0.25, -0.2) is 4.79 Å². The molecule has 0 aromatic rings. The lowest BCUT2D eigenvalue weighted by Gasteiger charge is -2.39. The smallest absolute Gasteiger partial charge is 0.315 e. The molecule has 1 aliphatic rings.